The van der Waals surface area contributed by atoms with Crippen molar-refractivity contribution in [2.24, 2.45) is 0 Å². The lowest BCUT2D eigenvalue weighted by Crippen LogP contribution is -2.32. The minimum Gasteiger partial charge on any atom is -0.394 e. The molecule has 5 heterocycles. The summed E-state index contributed by atoms with van der Waals surface area (Å²) < 4.78 is 7.48. The van der Waals surface area contributed by atoms with Gasteiger partial charge in [0.1, 0.15) is 24.9 Å². The first-order valence-electron chi connectivity index (χ1n) is 9.65. The van der Waals surface area contributed by atoms with E-state index in [1.54, 1.807) is 23.3 Å². The van der Waals surface area contributed by atoms with Crippen molar-refractivity contribution >= 4 is 17.0 Å². The molecule has 0 saturated carbocycles. The van der Waals surface area contributed by atoms with E-state index in [1.807, 2.05) is 17.0 Å². The first kappa shape index (κ1) is 18.4. The van der Waals surface area contributed by atoms with Gasteiger partial charge in [0.15, 0.2) is 17.0 Å². The normalized spacial score (nSPS) is 29.8. The maximum Gasteiger partial charge on any atom is 0.167 e. The molecule has 0 aromatic carbocycles. The predicted molar refractivity (Wildman–Crippen MR) is 102 cm³/mol. The molecular weight excluding hydrogens is 376 g/mol. The standard InChI is InChI=1S/C19H22N6O4/c26-8-14-13(27)6-16(29-14)24-10-23-17-18(24)21-9-22-19(17)25-12(3-4-15(25)28)11-2-1-5-20-7-11/h1-2,5,7,9-10,12-16,26-28H,3-4,6,8H2/t12?,13-,14+,15?,16+/m0/s1. The van der Waals surface area contributed by atoms with Crippen molar-refractivity contribution in [1.29, 1.82) is 0 Å². The number of aliphatic hydroxyl groups is 3. The van der Waals surface area contributed by atoms with E-state index < -0.39 is 24.7 Å². The lowest BCUT2D eigenvalue weighted by atomic mass is 10.1. The second-order valence-electron chi connectivity index (χ2n) is 7.40. The highest BCUT2D eigenvalue weighted by Gasteiger charge is 2.38. The molecule has 152 valence electrons. The van der Waals surface area contributed by atoms with Crippen LogP contribution in [-0.2, 0) is 4.74 Å². The minimum absolute atomic E-state index is 0.0646. The van der Waals surface area contributed by atoms with Crippen molar-refractivity contribution in [3.05, 3.63) is 42.7 Å². The van der Waals surface area contributed by atoms with Gasteiger partial charge in [-0.25, -0.2) is 15.0 Å². The monoisotopic (exact) mass is 398 g/mol. The molecule has 29 heavy (non-hydrogen) atoms. The van der Waals surface area contributed by atoms with Crippen molar-refractivity contribution in [1.82, 2.24) is 24.5 Å². The molecule has 3 aromatic heterocycles. The highest BCUT2D eigenvalue weighted by Crippen LogP contribution is 2.40. The summed E-state index contributed by atoms with van der Waals surface area (Å²) in [5.41, 5.74) is 2.10. The Hall–Kier alpha value is -2.66. The van der Waals surface area contributed by atoms with Crippen molar-refractivity contribution in [2.75, 3.05) is 11.5 Å². The van der Waals surface area contributed by atoms with E-state index in [0.29, 0.717) is 29.8 Å². The van der Waals surface area contributed by atoms with Gasteiger partial charge >= 0.3 is 0 Å². The summed E-state index contributed by atoms with van der Waals surface area (Å²) in [5.74, 6) is 0.546. The van der Waals surface area contributed by atoms with E-state index in [-0.39, 0.29) is 12.6 Å². The molecule has 0 bridgehead atoms. The largest absolute Gasteiger partial charge is 0.394 e. The van der Waals surface area contributed by atoms with Crippen LogP contribution in [0.2, 0.25) is 0 Å². The molecule has 0 amide bonds. The van der Waals surface area contributed by atoms with E-state index in [9.17, 15) is 15.3 Å². The zero-order valence-corrected chi connectivity index (χ0v) is 15.6. The summed E-state index contributed by atoms with van der Waals surface area (Å²) in [5, 5.41) is 30.1. The molecular formula is C19H22N6O4. The van der Waals surface area contributed by atoms with Gasteiger partial charge in [-0.1, -0.05) is 6.07 Å². The Bertz CT molecular complexity index is 999. The van der Waals surface area contributed by atoms with Crippen molar-refractivity contribution < 1.29 is 20.1 Å². The third-order valence-electron chi connectivity index (χ3n) is 5.70. The third kappa shape index (κ3) is 3.04. The van der Waals surface area contributed by atoms with Gasteiger partial charge in [-0.05, 0) is 24.5 Å². The number of ether oxygens (including phenoxy) is 1. The highest BCUT2D eigenvalue weighted by molar-refractivity contribution is 5.84. The van der Waals surface area contributed by atoms with E-state index in [0.717, 1.165) is 12.0 Å². The van der Waals surface area contributed by atoms with Crippen LogP contribution < -0.4 is 4.90 Å². The molecule has 0 aliphatic carbocycles. The van der Waals surface area contributed by atoms with E-state index in [2.05, 4.69) is 19.9 Å². The molecule has 10 heteroatoms. The lowest BCUT2D eigenvalue weighted by molar-refractivity contribution is -0.0432. The average molecular weight is 398 g/mol. The van der Waals surface area contributed by atoms with Crippen molar-refractivity contribution in [3.8, 4) is 0 Å². The summed E-state index contributed by atoms with van der Waals surface area (Å²) in [7, 11) is 0. The van der Waals surface area contributed by atoms with Gasteiger partial charge < -0.3 is 25.0 Å². The first-order valence-corrected chi connectivity index (χ1v) is 9.65. The predicted octanol–water partition coefficient (Wildman–Crippen LogP) is 0.522. The first-order chi connectivity index (χ1) is 14.2. The summed E-state index contributed by atoms with van der Waals surface area (Å²) in [6.07, 6.45) is 5.73. The molecule has 2 saturated heterocycles. The zero-order valence-electron chi connectivity index (χ0n) is 15.6. The van der Waals surface area contributed by atoms with Gasteiger partial charge in [0.25, 0.3) is 0 Å². The number of rotatable bonds is 4. The Labute approximate surface area is 166 Å². The van der Waals surface area contributed by atoms with Crippen LogP contribution in [0.5, 0.6) is 0 Å². The van der Waals surface area contributed by atoms with Crippen LogP contribution in [0.1, 0.15) is 37.1 Å². The minimum atomic E-state index is -0.751. The van der Waals surface area contributed by atoms with Gasteiger partial charge in [0.2, 0.25) is 0 Å². The highest BCUT2D eigenvalue weighted by atomic mass is 16.5. The van der Waals surface area contributed by atoms with Crippen molar-refractivity contribution in [2.45, 2.75) is 50.0 Å². The molecule has 5 rings (SSSR count). The number of aliphatic hydroxyl groups excluding tert-OH is 3. The number of nitrogens with zero attached hydrogens (tertiary/aromatic N) is 6. The Morgan fingerprint density at radius 1 is 1.17 bits per heavy atom. The topological polar surface area (TPSA) is 130 Å². The molecule has 2 unspecified atom stereocenters. The molecule has 3 N–H and O–H groups in total. The summed E-state index contributed by atoms with van der Waals surface area (Å²) >= 11 is 0. The molecule has 3 aromatic rings. The van der Waals surface area contributed by atoms with E-state index in [4.69, 9.17) is 4.74 Å². The molecule has 0 radical (unpaired) electrons. The number of fused-ring (bicyclic) bond motifs is 1. The number of hydrogen-bond donors (Lipinski definition) is 3. The average Bonchev–Trinajstić information content (AvgIpc) is 3.44. The molecule has 10 nitrogen and oxygen atoms in total. The molecule has 2 fully saturated rings. The van der Waals surface area contributed by atoms with Gasteiger partial charge in [-0.2, -0.15) is 0 Å². The number of imidazole rings is 1. The van der Waals surface area contributed by atoms with Crippen LogP contribution in [0, 0.1) is 0 Å². The molecule has 2 aliphatic rings. The number of anilines is 1. The fraction of sp³-hybridized carbons (Fsp3) is 0.474. The van der Waals surface area contributed by atoms with Gasteiger partial charge in [-0.15, -0.1) is 0 Å². The van der Waals surface area contributed by atoms with Crippen LogP contribution in [-0.4, -0.2) is 64.9 Å². The number of pyridine rings is 1. The van der Waals surface area contributed by atoms with Gasteiger partial charge in [0.05, 0.1) is 25.1 Å². The smallest absolute Gasteiger partial charge is 0.167 e. The van der Waals surface area contributed by atoms with Crippen LogP contribution in [0.15, 0.2) is 37.2 Å². The maximum atomic E-state index is 10.7. The van der Waals surface area contributed by atoms with Crippen LogP contribution in [0.25, 0.3) is 11.2 Å². The van der Waals surface area contributed by atoms with Crippen LogP contribution in [0.4, 0.5) is 5.82 Å². The van der Waals surface area contributed by atoms with E-state index >= 15 is 0 Å². The summed E-state index contributed by atoms with van der Waals surface area (Å²) in [6, 6.07) is 3.80. The molecule has 5 atom stereocenters. The fourth-order valence-corrected chi connectivity index (χ4v) is 4.27. The number of aromatic nitrogens is 5. The number of hydrogen-bond acceptors (Lipinski definition) is 9. The Kier molecular flexibility index (Phi) is 4.63. The summed E-state index contributed by atoms with van der Waals surface area (Å²) in [6.45, 7) is -0.253. The van der Waals surface area contributed by atoms with E-state index in [1.165, 1.54) is 6.33 Å². The Morgan fingerprint density at radius 2 is 2.07 bits per heavy atom. The van der Waals surface area contributed by atoms with Gasteiger partial charge in [0, 0.05) is 18.8 Å². The SMILES string of the molecule is OC[C@H]1O[C@@H](n2cnc3c(N4C(O)CCC4c4cccnc4)ncnc32)C[C@@H]1O. The Morgan fingerprint density at radius 3 is 2.83 bits per heavy atom. The fourth-order valence-electron chi connectivity index (χ4n) is 4.27. The molecule has 0 spiro atoms. The van der Waals surface area contributed by atoms with Crippen molar-refractivity contribution in [3.63, 3.8) is 0 Å². The third-order valence-corrected chi connectivity index (χ3v) is 5.70. The summed E-state index contributed by atoms with van der Waals surface area (Å²) in [4.78, 5) is 19.3. The van der Waals surface area contributed by atoms with Gasteiger partial charge in [-0.3, -0.25) is 9.55 Å². The van der Waals surface area contributed by atoms with Crippen LogP contribution >= 0.6 is 0 Å². The maximum absolute atomic E-state index is 10.7. The second kappa shape index (κ2) is 7.30. The zero-order chi connectivity index (χ0) is 20.0. The Balaban J connectivity index is 1.54. The molecule has 2 aliphatic heterocycles. The lowest BCUT2D eigenvalue weighted by Gasteiger charge is -2.28. The second-order valence-corrected chi connectivity index (χ2v) is 7.40. The quantitative estimate of drug-likeness (QED) is 0.576. The van der Waals surface area contributed by atoms with Crippen LogP contribution in [0.3, 0.4) is 0 Å².